The number of aryl methyl sites for hydroxylation is 1. The largest absolute Gasteiger partial charge is 0.432 e. The molecule has 0 saturated carbocycles. The van der Waals surface area contributed by atoms with Gasteiger partial charge >= 0.3 is 0 Å². The zero-order valence-corrected chi connectivity index (χ0v) is 27.1. The molecule has 3 aliphatic heterocycles. The molecule has 6 rings (SSSR count). The van der Waals surface area contributed by atoms with Crippen molar-refractivity contribution in [3.05, 3.63) is 75.6 Å². The van der Waals surface area contributed by atoms with E-state index in [4.69, 9.17) is 4.74 Å². The average molecular weight is 650 g/mol. The summed E-state index contributed by atoms with van der Waals surface area (Å²) in [5.41, 5.74) is 1.18. The van der Waals surface area contributed by atoms with Crippen LogP contribution in [0.4, 0.5) is 17.1 Å². The number of rotatable bonds is 10. The molecule has 3 N–H and O–H groups in total. The number of non-ortho nitro benzene ring substituents is 1. The quantitative estimate of drug-likeness (QED) is 0.168. The summed E-state index contributed by atoms with van der Waals surface area (Å²) in [7, 11) is -2.95. The Kier molecular flexibility index (Phi) is 8.54. The lowest BCUT2D eigenvalue weighted by Crippen LogP contribution is -2.48. The van der Waals surface area contributed by atoms with E-state index in [2.05, 4.69) is 15.6 Å². The lowest BCUT2D eigenvalue weighted by Gasteiger charge is -2.32. The predicted octanol–water partition coefficient (Wildman–Crippen LogP) is 2.09. The standard InChI is InChI=1S/C31H39N7O7Si/c1-20-29(46(2,3)44)27(10-13-35-19-22(11-15-39)33-34-35)45-31(20)25-16-24(38(42)43)8-9-26(25)37(30(31)41)18-21-4-6-23(7-5-21)36-14-12-32-17-28(36)40/h4-9,16,19-20,27,29,32,39,44H,10-15,17-18H2,1-3H3/t20-,27+,29-,31+/m1/s1. The Balaban J connectivity index is 1.33. The van der Waals surface area contributed by atoms with Crippen LogP contribution in [0.15, 0.2) is 48.7 Å². The van der Waals surface area contributed by atoms with Crippen molar-refractivity contribution in [1.82, 2.24) is 20.3 Å². The fraction of sp³-hybridized carbons (Fsp3) is 0.484. The van der Waals surface area contributed by atoms with E-state index in [0.29, 0.717) is 49.4 Å². The summed E-state index contributed by atoms with van der Waals surface area (Å²) in [6, 6.07) is 11.9. The van der Waals surface area contributed by atoms with Crippen LogP contribution in [0.3, 0.4) is 0 Å². The first kappa shape index (κ1) is 31.9. The number of nitro groups is 1. The molecule has 0 bridgehead atoms. The number of carbonyl (C=O) groups excluding carboxylic acids is 2. The molecular formula is C31H39N7O7Si. The van der Waals surface area contributed by atoms with Crippen LogP contribution in [-0.2, 0) is 39.4 Å². The number of amides is 2. The molecule has 3 aliphatic rings. The molecule has 14 nitrogen and oxygen atoms in total. The number of aliphatic hydroxyl groups is 1. The van der Waals surface area contributed by atoms with Gasteiger partial charge in [-0.15, -0.1) is 5.10 Å². The van der Waals surface area contributed by atoms with Crippen molar-refractivity contribution < 1.29 is 29.2 Å². The molecule has 2 amide bonds. The molecule has 4 heterocycles. The number of nitrogens with zero attached hydrogens (tertiary/aromatic N) is 6. The Bertz CT molecular complexity index is 1640. The lowest BCUT2D eigenvalue weighted by molar-refractivity contribution is -0.385. The molecule has 1 aromatic heterocycles. The van der Waals surface area contributed by atoms with Gasteiger partial charge in [-0.3, -0.25) is 24.4 Å². The second-order valence-electron chi connectivity index (χ2n) is 12.8. The molecule has 2 saturated heterocycles. The van der Waals surface area contributed by atoms with Gasteiger partial charge in [-0.05, 0) is 43.3 Å². The van der Waals surface area contributed by atoms with Crippen LogP contribution in [0.2, 0.25) is 18.6 Å². The zero-order valence-electron chi connectivity index (χ0n) is 26.1. The van der Waals surface area contributed by atoms with Crippen LogP contribution in [0.25, 0.3) is 0 Å². The Morgan fingerprint density at radius 2 is 1.96 bits per heavy atom. The van der Waals surface area contributed by atoms with Crippen molar-refractivity contribution in [2.75, 3.05) is 36.0 Å². The highest BCUT2D eigenvalue weighted by molar-refractivity contribution is 6.71. The van der Waals surface area contributed by atoms with Crippen molar-refractivity contribution in [2.45, 2.75) is 63.2 Å². The van der Waals surface area contributed by atoms with Crippen molar-refractivity contribution in [3.63, 3.8) is 0 Å². The maximum absolute atomic E-state index is 14.7. The second kappa shape index (κ2) is 12.3. The number of aliphatic hydroxyl groups excluding tert-OH is 1. The van der Waals surface area contributed by atoms with E-state index in [1.807, 2.05) is 44.3 Å². The van der Waals surface area contributed by atoms with Crippen LogP contribution in [0.5, 0.6) is 0 Å². The number of piperazine rings is 1. The van der Waals surface area contributed by atoms with Gasteiger partial charge in [0.25, 0.3) is 11.6 Å². The maximum Gasteiger partial charge on any atom is 0.269 e. The monoisotopic (exact) mass is 649 g/mol. The van der Waals surface area contributed by atoms with Crippen molar-refractivity contribution in [1.29, 1.82) is 0 Å². The van der Waals surface area contributed by atoms with Gasteiger partial charge < -0.3 is 29.8 Å². The first-order chi connectivity index (χ1) is 21.9. The minimum Gasteiger partial charge on any atom is -0.432 e. The Hall–Kier alpha value is -4.02. The maximum atomic E-state index is 14.7. The van der Waals surface area contributed by atoms with E-state index < -0.39 is 30.9 Å². The number of fused-ring (bicyclic) bond motifs is 2. The van der Waals surface area contributed by atoms with Crippen LogP contribution in [0, 0.1) is 16.0 Å². The van der Waals surface area contributed by atoms with E-state index in [-0.39, 0.29) is 42.7 Å². The summed E-state index contributed by atoms with van der Waals surface area (Å²) in [6.07, 6.45) is 2.04. The molecule has 15 heteroatoms. The summed E-state index contributed by atoms with van der Waals surface area (Å²) in [6.45, 7) is 7.68. The molecular weight excluding hydrogens is 610 g/mol. The molecule has 46 heavy (non-hydrogen) atoms. The highest BCUT2D eigenvalue weighted by Gasteiger charge is 2.66. The van der Waals surface area contributed by atoms with E-state index in [1.54, 1.807) is 26.7 Å². The third-order valence-corrected chi connectivity index (χ3v) is 12.0. The number of nitrogens with one attached hydrogen (secondary N) is 1. The van der Waals surface area contributed by atoms with E-state index in [0.717, 1.165) is 11.3 Å². The molecule has 0 aliphatic carbocycles. The van der Waals surface area contributed by atoms with Gasteiger partial charge in [-0.1, -0.05) is 24.3 Å². The van der Waals surface area contributed by atoms with Crippen LogP contribution in [-0.4, -0.2) is 82.3 Å². The molecule has 2 aromatic carbocycles. The molecule has 0 unspecified atom stereocenters. The van der Waals surface area contributed by atoms with Gasteiger partial charge in [0.2, 0.25) is 5.91 Å². The van der Waals surface area contributed by atoms with Crippen molar-refractivity contribution in [3.8, 4) is 0 Å². The fourth-order valence-corrected chi connectivity index (χ4v) is 9.99. The number of carbonyl (C=O) groups is 2. The highest BCUT2D eigenvalue weighted by atomic mass is 28.4. The zero-order chi connectivity index (χ0) is 32.8. The van der Waals surface area contributed by atoms with Gasteiger partial charge in [0.15, 0.2) is 13.9 Å². The van der Waals surface area contributed by atoms with E-state index >= 15 is 0 Å². The highest BCUT2D eigenvalue weighted by Crippen LogP contribution is 2.60. The van der Waals surface area contributed by atoms with Gasteiger partial charge in [0, 0.05) is 73.7 Å². The molecule has 4 atom stereocenters. The third-order valence-electron chi connectivity index (χ3n) is 9.45. The Morgan fingerprint density at radius 1 is 1.20 bits per heavy atom. The first-order valence-corrected chi connectivity index (χ1v) is 18.6. The van der Waals surface area contributed by atoms with Crippen molar-refractivity contribution >= 4 is 37.2 Å². The Labute approximate surface area is 267 Å². The minimum absolute atomic E-state index is 0.00700. The molecule has 1 spiro atoms. The summed E-state index contributed by atoms with van der Waals surface area (Å²) >= 11 is 0. The molecule has 0 radical (unpaired) electrons. The topological polar surface area (TPSA) is 176 Å². The summed E-state index contributed by atoms with van der Waals surface area (Å²) in [5, 5.41) is 32.4. The number of nitro benzene ring substituents is 1. The van der Waals surface area contributed by atoms with Gasteiger partial charge in [-0.25, -0.2) is 0 Å². The van der Waals surface area contributed by atoms with Crippen LogP contribution in [0.1, 0.15) is 30.2 Å². The minimum atomic E-state index is -2.95. The SMILES string of the molecule is C[C@@H]1[C@@H]([Si](C)(C)O)[C@H](CCn2cc(CCO)nn2)O[C@@]12C(=O)N(Cc1ccc(N3CCNCC3=O)cc1)c1ccc([N+](=O)[O-])cc12. The number of hydrogen-bond acceptors (Lipinski definition) is 10. The molecule has 2 fully saturated rings. The first-order valence-electron chi connectivity index (χ1n) is 15.5. The van der Waals surface area contributed by atoms with E-state index in [9.17, 15) is 29.6 Å². The smallest absolute Gasteiger partial charge is 0.269 e. The number of ether oxygens (including phenoxy) is 1. The van der Waals surface area contributed by atoms with E-state index in [1.165, 1.54) is 12.1 Å². The Morgan fingerprint density at radius 3 is 2.63 bits per heavy atom. The number of anilines is 2. The molecule has 244 valence electrons. The predicted molar refractivity (Wildman–Crippen MR) is 171 cm³/mol. The molecule has 3 aromatic rings. The number of hydrogen-bond donors (Lipinski definition) is 3. The summed E-state index contributed by atoms with van der Waals surface area (Å²) in [5.74, 6) is -0.815. The second-order valence-corrected chi connectivity index (χ2v) is 16.8. The fourth-order valence-electron chi connectivity index (χ4n) is 7.39. The van der Waals surface area contributed by atoms with Crippen LogP contribution < -0.4 is 15.1 Å². The van der Waals surface area contributed by atoms with Gasteiger partial charge in [0.1, 0.15) is 0 Å². The number of aromatic nitrogens is 3. The third kappa shape index (κ3) is 5.62. The van der Waals surface area contributed by atoms with Crippen molar-refractivity contribution in [2.24, 2.45) is 5.92 Å². The van der Waals surface area contributed by atoms with Gasteiger partial charge in [0.05, 0.1) is 35.5 Å². The summed E-state index contributed by atoms with van der Waals surface area (Å²) in [4.78, 5) is 53.3. The van der Waals surface area contributed by atoms with Gasteiger partial charge in [-0.2, -0.15) is 0 Å². The average Bonchev–Trinajstić information content (AvgIpc) is 3.66. The van der Waals surface area contributed by atoms with Crippen LogP contribution >= 0.6 is 0 Å². The summed E-state index contributed by atoms with van der Waals surface area (Å²) < 4.78 is 8.46. The lowest BCUT2D eigenvalue weighted by atomic mass is 9.82. The normalized spacial score (nSPS) is 24.7. The number of benzene rings is 2.